The van der Waals surface area contributed by atoms with Gasteiger partial charge in [0.2, 0.25) is 5.91 Å². The van der Waals surface area contributed by atoms with E-state index in [4.69, 9.17) is 11.5 Å². The molecule has 13 heavy (non-hydrogen) atoms. The molecule has 0 fully saturated rings. The number of primary amides is 1. The fourth-order valence-electron chi connectivity index (χ4n) is 1.40. The van der Waals surface area contributed by atoms with E-state index in [-0.39, 0.29) is 5.41 Å². The minimum Gasteiger partial charge on any atom is -0.402 e. The van der Waals surface area contributed by atoms with E-state index in [0.717, 1.165) is 12.8 Å². The number of hydrogen-bond donors (Lipinski definition) is 2. The molecule has 0 spiro atoms. The molecule has 0 unspecified atom stereocenters. The first kappa shape index (κ1) is 12.0. The molecular formula is C10H20N2O. The molecule has 0 rings (SSSR count). The summed E-state index contributed by atoms with van der Waals surface area (Å²) >= 11 is 0. The predicted molar refractivity (Wildman–Crippen MR) is 54.8 cm³/mol. The van der Waals surface area contributed by atoms with Gasteiger partial charge in [-0.25, -0.2) is 0 Å². The number of hydrogen-bond acceptors (Lipinski definition) is 2. The van der Waals surface area contributed by atoms with Crippen LogP contribution < -0.4 is 11.5 Å². The maximum atomic E-state index is 11.1. The molecule has 3 heteroatoms. The molecule has 0 aliphatic heterocycles. The largest absolute Gasteiger partial charge is 0.402 e. The third-order valence-corrected chi connectivity index (χ3v) is 1.84. The van der Waals surface area contributed by atoms with Crippen molar-refractivity contribution in [1.29, 1.82) is 0 Å². The molecule has 76 valence electrons. The molecule has 0 aromatic heterocycles. The Morgan fingerprint density at radius 3 is 1.92 bits per heavy atom. The third kappa shape index (κ3) is 3.49. The van der Waals surface area contributed by atoms with Crippen molar-refractivity contribution in [2.75, 3.05) is 0 Å². The first-order valence-corrected chi connectivity index (χ1v) is 4.59. The van der Waals surface area contributed by atoms with Crippen LogP contribution in [0, 0.1) is 5.41 Å². The molecule has 0 atom stereocenters. The van der Waals surface area contributed by atoms with Crippen LogP contribution >= 0.6 is 0 Å². The molecule has 0 aliphatic carbocycles. The van der Waals surface area contributed by atoms with Gasteiger partial charge in [0, 0.05) is 11.3 Å². The van der Waals surface area contributed by atoms with E-state index in [2.05, 4.69) is 0 Å². The number of amides is 1. The zero-order valence-electron chi connectivity index (χ0n) is 8.98. The van der Waals surface area contributed by atoms with Gasteiger partial charge in [0.05, 0.1) is 0 Å². The zero-order valence-corrected chi connectivity index (χ0v) is 8.98. The SMILES string of the molecule is CCC/C(N)=C(/C(N)=O)C(C)(C)C. The van der Waals surface area contributed by atoms with Gasteiger partial charge in [0.25, 0.3) is 0 Å². The minimum absolute atomic E-state index is 0.259. The minimum atomic E-state index is -0.404. The molecular weight excluding hydrogens is 164 g/mol. The van der Waals surface area contributed by atoms with Crippen molar-refractivity contribution in [2.24, 2.45) is 16.9 Å². The molecule has 0 aromatic rings. The first-order valence-electron chi connectivity index (χ1n) is 4.59. The van der Waals surface area contributed by atoms with Gasteiger partial charge in [-0.3, -0.25) is 4.79 Å². The summed E-state index contributed by atoms with van der Waals surface area (Å²) in [5.41, 5.74) is 12.0. The maximum absolute atomic E-state index is 11.1. The number of rotatable bonds is 3. The van der Waals surface area contributed by atoms with Crippen LogP contribution in [0.1, 0.15) is 40.5 Å². The summed E-state index contributed by atoms with van der Waals surface area (Å²) in [5.74, 6) is -0.404. The van der Waals surface area contributed by atoms with E-state index in [1.165, 1.54) is 0 Å². The van der Waals surface area contributed by atoms with Crippen LogP contribution in [0.2, 0.25) is 0 Å². The Bertz CT molecular complexity index is 224. The molecule has 0 heterocycles. The van der Waals surface area contributed by atoms with Crippen LogP contribution in [-0.2, 0) is 4.79 Å². The zero-order chi connectivity index (χ0) is 10.6. The van der Waals surface area contributed by atoms with Gasteiger partial charge in [0.1, 0.15) is 0 Å². The smallest absolute Gasteiger partial charge is 0.246 e. The standard InChI is InChI=1S/C10H20N2O/c1-5-6-7(11)8(9(12)13)10(2,3)4/h5-6,11H2,1-4H3,(H2,12,13)/b8-7+. The number of carbonyl (C=O) groups excluding carboxylic acids is 1. The summed E-state index contributed by atoms with van der Waals surface area (Å²) in [5, 5.41) is 0. The fraction of sp³-hybridized carbons (Fsp3) is 0.700. The van der Waals surface area contributed by atoms with E-state index in [1.54, 1.807) is 0 Å². The van der Waals surface area contributed by atoms with Crippen LogP contribution in [0.3, 0.4) is 0 Å². The van der Waals surface area contributed by atoms with Crippen molar-refractivity contribution in [3.63, 3.8) is 0 Å². The summed E-state index contributed by atoms with van der Waals surface area (Å²) in [4.78, 5) is 11.1. The molecule has 0 saturated heterocycles. The number of allylic oxidation sites excluding steroid dienone is 1. The average molecular weight is 184 g/mol. The highest BCUT2D eigenvalue weighted by Crippen LogP contribution is 2.27. The fourth-order valence-corrected chi connectivity index (χ4v) is 1.40. The molecule has 0 radical (unpaired) electrons. The Hall–Kier alpha value is -0.990. The Kier molecular flexibility index (Phi) is 3.98. The van der Waals surface area contributed by atoms with E-state index < -0.39 is 5.91 Å². The second-order valence-corrected chi connectivity index (χ2v) is 4.26. The van der Waals surface area contributed by atoms with Crippen molar-refractivity contribution < 1.29 is 4.79 Å². The van der Waals surface area contributed by atoms with Gasteiger partial charge in [-0.05, 0) is 11.8 Å². The van der Waals surface area contributed by atoms with E-state index >= 15 is 0 Å². The highest BCUT2D eigenvalue weighted by Gasteiger charge is 2.24. The molecule has 0 bridgehead atoms. The summed E-state index contributed by atoms with van der Waals surface area (Å²) in [6.07, 6.45) is 1.66. The highest BCUT2D eigenvalue weighted by atomic mass is 16.1. The van der Waals surface area contributed by atoms with E-state index in [1.807, 2.05) is 27.7 Å². The Balaban J connectivity index is 5.01. The topological polar surface area (TPSA) is 69.1 Å². The number of carbonyl (C=O) groups is 1. The van der Waals surface area contributed by atoms with Crippen molar-refractivity contribution in [1.82, 2.24) is 0 Å². The molecule has 0 saturated carbocycles. The molecule has 4 N–H and O–H groups in total. The lowest BCUT2D eigenvalue weighted by Crippen LogP contribution is -2.28. The van der Waals surface area contributed by atoms with Gasteiger partial charge in [0.15, 0.2) is 0 Å². The van der Waals surface area contributed by atoms with Crippen LogP contribution in [-0.4, -0.2) is 5.91 Å². The lowest BCUT2D eigenvalue weighted by atomic mass is 9.84. The van der Waals surface area contributed by atoms with Crippen molar-refractivity contribution >= 4 is 5.91 Å². The number of nitrogens with two attached hydrogens (primary N) is 2. The van der Waals surface area contributed by atoms with Crippen LogP contribution in [0.15, 0.2) is 11.3 Å². The molecule has 1 amide bonds. The van der Waals surface area contributed by atoms with Gasteiger partial charge in [-0.1, -0.05) is 34.1 Å². The van der Waals surface area contributed by atoms with Crippen molar-refractivity contribution in [3.8, 4) is 0 Å². The summed E-state index contributed by atoms with van der Waals surface area (Å²) in [6.45, 7) is 7.84. The van der Waals surface area contributed by atoms with Crippen LogP contribution in [0.5, 0.6) is 0 Å². The monoisotopic (exact) mass is 184 g/mol. The lowest BCUT2D eigenvalue weighted by Gasteiger charge is -2.22. The Morgan fingerprint density at radius 1 is 1.23 bits per heavy atom. The van der Waals surface area contributed by atoms with Gasteiger partial charge < -0.3 is 11.5 Å². The van der Waals surface area contributed by atoms with Gasteiger partial charge >= 0.3 is 0 Å². The second kappa shape index (κ2) is 4.30. The Morgan fingerprint density at radius 2 is 1.69 bits per heavy atom. The molecule has 3 nitrogen and oxygen atoms in total. The van der Waals surface area contributed by atoms with Crippen LogP contribution in [0.25, 0.3) is 0 Å². The lowest BCUT2D eigenvalue weighted by molar-refractivity contribution is -0.115. The van der Waals surface area contributed by atoms with Crippen molar-refractivity contribution in [3.05, 3.63) is 11.3 Å². The maximum Gasteiger partial charge on any atom is 0.246 e. The van der Waals surface area contributed by atoms with E-state index in [9.17, 15) is 4.79 Å². The predicted octanol–water partition coefficient (Wildman–Crippen LogP) is 1.53. The summed E-state index contributed by atoms with van der Waals surface area (Å²) < 4.78 is 0. The normalized spacial score (nSPS) is 13.8. The summed E-state index contributed by atoms with van der Waals surface area (Å²) in [7, 11) is 0. The second-order valence-electron chi connectivity index (χ2n) is 4.26. The molecule has 0 aliphatic rings. The van der Waals surface area contributed by atoms with Crippen molar-refractivity contribution in [2.45, 2.75) is 40.5 Å². The quantitative estimate of drug-likeness (QED) is 0.653. The molecule has 0 aromatic carbocycles. The first-order chi connectivity index (χ1) is 5.80. The van der Waals surface area contributed by atoms with Gasteiger partial charge in [-0.2, -0.15) is 0 Å². The highest BCUT2D eigenvalue weighted by molar-refractivity contribution is 5.93. The third-order valence-electron chi connectivity index (χ3n) is 1.84. The summed E-state index contributed by atoms with van der Waals surface area (Å²) in [6, 6.07) is 0. The van der Waals surface area contributed by atoms with Crippen LogP contribution in [0.4, 0.5) is 0 Å². The average Bonchev–Trinajstić information content (AvgIpc) is 1.82. The van der Waals surface area contributed by atoms with E-state index in [0.29, 0.717) is 11.3 Å². The van der Waals surface area contributed by atoms with Gasteiger partial charge in [-0.15, -0.1) is 0 Å². The Labute approximate surface area is 80.2 Å².